The SMILES string of the molecule is COCCN(CCCN)C(=O)c1occc1C. The van der Waals surface area contributed by atoms with Crippen molar-refractivity contribution in [3.63, 3.8) is 0 Å². The van der Waals surface area contributed by atoms with Crippen molar-refractivity contribution in [1.29, 1.82) is 0 Å². The number of amides is 1. The lowest BCUT2D eigenvalue weighted by Gasteiger charge is -2.21. The quantitative estimate of drug-likeness (QED) is 0.772. The number of rotatable bonds is 7. The first-order valence-corrected chi connectivity index (χ1v) is 5.73. The summed E-state index contributed by atoms with van der Waals surface area (Å²) in [5, 5.41) is 0. The minimum Gasteiger partial charge on any atom is -0.459 e. The summed E-state index contributed by atoms with van der Waals surface area (Å²) in [6.45, 7) is 4.10. The van der Waals surface area contributed by atoms with Crippen LogP contribution in [0.4, 0.5) is 0 Å². The third-order valence-corrected chi connectivity index (χ3v) is 2.54. The van der Waals surface area contributed by atoms with Gasteiger partial charge in [-0.3, -0.25) is 4.79 Å². The molecule has 0 aromatic carbocycles. The van der Waals surface area contributed by atoms with E-state index in [0.29, 0.717) is 32.0 Å². The first-order chi connectivity index (χ1) is 8.20. The lowest BCUT2D eigenvalue weighted by Crippen LogP contribution is -2.35. The van der Waals surface area contributed by atoms with E-state index in [2.05, 4.69) is 0 Å². The molecule has 0 saturated carbocycles. The van der Waals surface area contributed by atoms with Gasteiger partial charge in [0.25, 0.3) is 5.91 Å². The van der Waals surface area contributed by atoms with Crippen LogP contribution in [0.25, 0.3) is 0 Å². The Balaban J connectivity index is 2.68. The standard InChI is InChI=1S/C12H20N2O3/c1-10-4-8-17-11(10)12(15)14(6-3-5-13)7-9-16-2/h4,8H,3,5-7,9,13H2,1-2H3. The van der Waals surface area contributed by atoms with Crippen molar-refractivity contribution in [3.8, 4) is 0 Å². The molecule has 0 bridgehead atoms. The van der Waals surface area contributed by atoms with E-state index < -0.39 is 0 Å². The summed E-state index contributed by atoms with van der Waals surface area (Å²) in [6.07, 6.45) is 2.30. The summed E-state index contributed by atoms with van der Waals surface area (Å²) in [5.41, 5.74) is 6.31. The van der Waals surface area contributed by atoms with Crippen molar-refractivity contribution in [3.05, 3.63) is 23.7 Å². The highest BCUT2D eigenvalue weighted by Crippen LogP contribution is 2.12. The van der Waals surface area contributed by atoms with Crippen molar-refractivity contribution < 1.29 is 13.9 Å². The molecule has 0 atom stereocenters. The highest BCUT2D eigenvalue weighted by Gasteiger charge is 2.19. The molecule has 0 radical (unpaired) electrons. The van der Waals surface area contributed by atoms with Gasteiger partial charge < -0.3 is 19.8 Å². The molecule has 0 fully saturated rings. The first kappa shape index (κ1) is 13.7. The molecule has 1 aromatic rings. The van der Waals surface area contributed by atoms with Crippen LogP contribution in [0, 0.1) is 6.92 Å². The molecular formula is C12H20N2O3. The van der Waals surface area contributed by atoms with Gasteiger partial charge in [-0.15, -0.1) is 0 Å². The Bertz CT molecular complexity index is 341. The number of furan rings is 1. The Labute approximate surface area is 102 Å². The topological polar surface area (TPSA) is 68.7 Å². The third kappa shape index (κ3) is 3.87. The fourth-order valence-corrected chi connectivity index (χ4v) is 1.53. The van der Waals surface area contributed by atoms with Crippen LogP contribution < -0.4 is 5.73 Å². The predicted molar refractivity (Wildman–Crippen MR) is 64.9 cm³/mol. The van der Waals surface area contributed by atoms with Crippen molar-refractivity contribution in [2.24, 2.45) is 5.73 Å². The van der Waals surface area contributed by atoms with Crippen LogP contribution in [0.3, 0.4) is 0 Å². The molecular weight excluding hydrogens is 220 g/mol. The van der Waals surface area contributed by atoms with Crippen LogP contribution in [0.15, 0.2) is 16.7 Å². The summed E-state index contributed by atoms with van der Waals surface area (Å²) in [4.78, 5) is 13.9. The summed E-state index contributed by atoms with van der Waals surface area (Å²) >= 11 is 0. The fraction of sp³-hybridized carbons (Fsp3) is 0.583. The zero-order chi connectivity index (χ0) is 12.7. The number of carbonyl (C=O) groups excluding carboxylic acids is 1. The van der Waals surface area contributed by atoms with Gasteiger partial charge in [0.1, 0.15) is 0 Å². The van der Waals surface area contributed by atoms with E-state index in [0.717, 1.165) is 12.0 Å². The van der Waals surface area contributed by atoms with Crippen molar-refractivity contribution in [2.45, 2.75) is 13.3 Å². The normalized spacial score (nSPS) is 10.5. The zero-order valence-corrected chi connectivity index (χ0v) is 10.4. The van der Waals surface area contributed by atoms with Gasteiger partial charge in [-0.1, -0.05) is 0 Å². The summed E-state index contributed by atoms with van der Waals surface area (Å²) in [6, 6.07) is 1.78. The summed E-state index contributed by atoms with van der Waals surface area (Å²) in [5.74, 6) is 0.302. The number of ether oxygens (including phenoxy) is 1. The van der Waals surface area contributed by atoms with E-state index in [-0.39, 0.29) is 5.91 Å². The van der Waals surface area contributed by atoms with Gasteiger partial charge in [0, 0.05) is 25.8 Å². The summed E-state index contributed by atoms with van der Waals surface area (Å²) < 4.78 is 10.2. The largest absolute Gasteiger partial charge is 0.459 e. The van der Waals surface area contributed by atoms with Crippen molar-refractivity contribution in [2.75, 3.05) is 33.4 Å². The van der Waals surface area contributed by atoms with E-state index in [1.807, 2.05) is 6.92 Å². The van der Waals surface area contributed by atoms with Gasteiger partial charge in [0.05, 0.1) is 12.9 Å². The monoisotopic (exact) mass is 240 g/mol. The summed E-state index contributed by atoms with van der Waals surface area (Å²) in [7, 11) is 1.61. The second-order valence-corrected chi connectivity index (χ2v) is 3.86. The maximum absolute atomic E-state index is 12.2. The second kappa shape index (κ2) is 7.09. The van der Waals surface area contributed by atoms with E-state index >= 15 is 0 Å². The third-order valence-electron chi connectivity index (χ3n) is 2.54. The Morgan fingerprint density at radius 3 is 2.82 bits per heavy atom. The second-order valence-electron chi connectivity index (χ2n) is 3.86. The minimum absolute atomic E-state index is 0.0991. The maximum Gasteiger partial charge on any atom is 0.289 e. The Morgan fingerprint density at radius 1 is 1.53 bits per heavy atom. The molecule has 0 aliphatic heterocycles. The molecule has 0 aliphatic carbocycles. The number of hydrogen-bond acceptors (Lipinski definition) is 4. The molecule has 0 saturated heterocycles. The molecule has 1 aromatic heterocycles. The molecule has 17 heavy (non-hydrogen) atoms. The lowest BCUT2D eigenvalue weighted by atomic mass is 10.2. The molecule has 96 valence electrons. The van der Waals surface area contributed by atoms with Crippen molar-refractivity contribution in [1.82, 2.24) is 4.90 Å². The number of carbonyl (C=O) groups is 1. The van der Waals surface area contributed by atoms with Crippen LogP contribution in [-0.4, -0.2) is 44.2 Å². The average Bonchev–Trinajstić information content (AvgIpc) is 2.75. The van der Waals surface area contributed by atoms with E-state index in [4.69, 9.17) is 14.9 Å². The van der Waals surface area contributed by atoms with Gasteiger partial charge in [0.15, 0.2) is 5.76 Å². The van der Waals surface area contributed by atoms with E-state index in [1.165, 1.54) is 6.26 Å². The highest BCUT2D eigenvalue weighted by atomic mass is 16.5. The van der Waals surface area contributed by atoms with Crippen LogP contribution in [0.1, 0.15) is 22.5 Å². The van der Waals surface area contributed by atoms with Gasteiger partial charge in [0.2, 0.25) is 0 Å². The lowest BCUT2D eigenvalue weighted by molar-refractivity contribution is 0.0662. The predicted octanol–water partition coefficient (Wildman–Crippen LogP) is 1.03. The minimum atomic E-state index is -0.0991. The highest BCUT2D eigenvalue weighted by molar-refractivity contribution is 5.92. The van der Waals surface area contributed by atoms with E-state index in [1.54, 1.807) is 18.1 Å². The molecule has 5 nitrogen and oxygen atoms in total. The molecule has 1 amide bonds. The van der Waals surface area contributed by atoms with Gasteiger partial charge in [-0.05, 0) is 26.0 Å². The number of aryl methyl sites for hydroxylation is 1. The zero-order valence-electron chi connectivity index (χ0n) is 10.4. The van der Waals surface area contributed by atoms with Crippen LogP contribution in [0.5, 0.6) is 0 Å². The van der Waals surface area contributed by atoms with Crippen LogP contribution >= 0.6 is 0 Å². The first-order valence-electron chi connectivity index (χ1n) is 5.73. The van der Waals surface area contributed by atoms with Crippen LogP contribution in [0.2, 0.25) is 0 Å². The fourth-order valence-electron chi connectivity index (χ4n) is 1.53. The maximum atomic E-state index is 12.2. The molecule has 0 spiro atoms. The molecule has 0 unspecified atom stereocenters. The van der Waals surface area contributed by atoms with Crippen LogP contribution in [-0.2, 0) is 4.74 Å². The Morgan fingerprint density at radius 2 is 2.29 bits per heavy atom. The molecule has 1 heterocycles. The number of nitrogens with two attached hydrogens (primary N) is 1. The number of methoxy groups -OCH3 is 1. The van der Waals surface area contributed by atoms with Crippen molar-refractivity contribution >= 4 is 5.91 Å². The van der Waals surface area contributed by atoms with Gasteiger partial charge in [-0.2, -0.15) is 0 Å². The smallest absolute Gasteiger partial charge is 0.289 e. The van der Waals surface area contributed by atoms with Gasteiger partial charge >= 0.3 is 0 Å². The molecule has 1 rings (SSSR count). The van der Waals surface area contributed by atoms with E-state index in [9.17, 15) is 4.79 Å². The molecule has 5 heteroatoms. The number of hydrogen-bond donors (Lipinski definition) is 1. The van der Waals surface area contributed by atoms with Gasteiger partial charge in [-0.25, -0.2) is 0 Å². The Kier molecular flexibility index (Phi) is 5.72. The molecule has 0 aliphatic rings. The number of nitrogens with zero attached hydrogens (tertiary/aromatic N) is 1. The molecule has 2 N–H and O–H groups in total. The average molecular weight is 240 g/mol. The Hall–Kier alpha value is -1.33.